The second-order valence-corrected chi connectivity index (χ2v) is 9.03. The molecule has 1 aliphatic heterocycles. The first-order valence-electron chi connectivity index (χ1n) is 9.77. The lowest BCUT2D eigenvalue weighted by atomic mass is 9.69. The summed E-state index contributed by atoms with van der Waals surface area (Å²) in [6.07, 6.45) is 3.07. The molecule has 0 amide bonds. The number of nitrogens with zero attached hydrogens (tertiary/aromatic N) is 1. The molecule has 1 atom stereocenters. The maximum Gasteiger partial charge on any atom is 0.257 e. The molecule has 0 spiro atoms. The summed E-state index contributed by atoms with van der Waals surface area (Å²) in [6, 6.07) is 7.64. The Morgan fingerprint density at radius 1 is 1.21 bits per heavy atom. The number of nitrogens with one attached hydrogen (secondary N) is 2. The largest absolute Gasteiger partial charge is 0.494 e. The van der Waals surface area contributed by atoms with Gasteiger partial charge in [-0.1, -0.05) is 37.7 Å². The molecule has 2 heterocycles. The maximum absolute atomic E-state index is 13.2. The zero-order valence-electron chi connectivity index (χ0n) is 17.1. The van der Waals surface area contributed by atoms with E-state index in [1.807, 2.05) is 37.4 Å². The van der Waals surface area contributed by atoms with Crippen molar-refractivity contribution in [2.75, 3.05) is 18.2 Å². The lowest BCUT2D eigenvalue weighted by molar-refractivity contribution is -0.118. The SMILES string of the molecule is CCOc1ccc(C2C3=C(CC(C)(C)CC3=O)Nc3nc(SC)[nH]c(=O)c32)cc1. The van der Waals surface area contributed by atoms with Gasteiger partial charge in [0.15, 0.2) is 10.9 Å². The van der Waals surface area contributed by atoms with Crippen LogP contribution in [0.3, 0.4) is 0 Å². The standard InChI is InChI=1S/C22H25N3O3S/c1-5-28-13-8-6-12(7-9-13)16-17-14(10-22(2,3)11-15(17)26)23-19-18(16)20(27)25-21(24-19)29-4/h6-9,16H,5,10-11H2,1-4H3,(H2,23,24,25,27). The first-order chi connectivity index (χ1) is 13.8. The minimum Gasteiger partial charge on any atom is -0.494 e. The van der Waals surface area contributed by atoms with Crippen LogP contribution in [0.5, 0.6) is 5.75 Å². The van der Waals surface area contributed by atoms with E-state index in [0.717, 1.165) is 23.4 Å². The van der Waals surface area contributed by atoms with Gasteiger partial charge < -0.3 is 15.0 Å². The topological polar surface area (TPSA) is 84.1 Å². The van der Waals surface area contributed by atoms with E-state index in [2.05, 4.69) is 29.1 Å². The molecule has 0 saturated heterocycles. The molecule has 0 radical (unpaired) electrons. The Hall–Kier alpha value is -2.54. The van der Waals surface area contributed by atoms with Crippen molar-refractivity contribution >= 4 is 23.4 Å². The molecular formula is C22H25N3O3S. The molecule has 6 nitrogen and oxygen atoms in total. The summed E-state index contributed by atoms with van der Waals surface area (Å²) in [5.74, 6) is 0.955. The van der Waals surface area contributed by atoms with Crippen LogP contribution in [0.15, 0.2) is 45.5 Å². The van der Waals surface area contributed by atoms with E-state index < -0.39 is 5.92 Å². The third-order valence-corrected chi connectivity index (χ3v) is 6.00. The molecular weight excluding hydrogens is 386 g/mol. The summed E-state index contributed by atoms with van der Waals surface area (Å²) >= 11 is 1.38. The van der Waals surface area contributed by atoms with Crippen molar-refractivity contribution in [2.24, 2.45) is 5.41 Å². The predicted molar refractivity (Wildman–Crippen MR) is 115 cm³/mol. The van der Waals surface area contributed by atoms with Crippen LogP contribution in [0.4, 0.5) is 5.82 Å². The number of thioether (sulfide) groups is 1. The van der Waals surface area contributed by atoms with E-state index in [-0.39, 0.29) is 16.8 Å². The predicted octanol–water partition coefficient (Wildman–Crippen LogP) is 4.09. The summed E-state index contributed by atoms with van der Waals surface area (Å²) in [5, 5.41) is 3.87. The number of fused-ring (bicyclic) bond motifs is 1. The molecule has 1 aromatic carbocycles. The molecule has 2 aromatic rings. The fourth-order valence-corrected chi connectivity index (χ4v) is 4.62. The highest BCUT2D eigenvalue weighted by atomic mass is 32.2. The zero-order valence-corrected chi connectivity index (χ0v) is 17.9. The number of benzene rings is 1. The molecule has 7 heteroatoms. The van der Waals surface area contributed by atoms with Crippen LogP contribution >= 0.6 is 11.8 Å². The lowest BCUT2D eigenvalue weighted by Crippen LogP contribution is -2.37. The highest BCUT2D eigenvalue weighted by Gasteiger charge is 2.42. The number of allylic oxidation sites excluding steroid dienone is 2. The molecule has 1 unspecified atom stereocenters. The Balaban J connectivity index is 1.91. The van der Waals surface area contributed by atoms with E-state index in [4.69, 9.17) is 4.74 Å². The van der Waals surface area contributed by atoms with Gasteiger partial charge in [-0.2, -0.15) is 0 Å². The van der Waals surface area contributed by atoms with Crippen molar-refractivity contribution in [3.8, 4) is 5.75 Å². The number of aromatic amines is 1. The number of carbonyl (C=O) groups excluding carboxylic acids is 1. The third kappa shape index (κ3) is 3.59. The third-order valence-electron chi connectivity index (χ3n) is 5.42. The number of ether oxygens (including phenoxy) is 1. The van der Waals surface area contributed by atoms with Crippen LogP contribution in [0.25, 0.3) is 0 Å². The van der Waals surface area contributed by atoms with Gasteiger partial charge in [-0.25, -0.2) is 4.98 Å². The van der Waals surface area contributed by atoms with Gasteiger partial charge in [0.1, 0.15) is 11.6 Å². The summed E-state index contributed by atoms with van der Waals surface area (Å²) in [7, 11) is 0. The lowest BCUT2D eigenvalue weighted by Gasteiger charge is -2.38. The summed E-state index contributed by atoms with van der Waals surface area (Å²) in [4.78, 5) is 33.6. The van der Waals surface area contributed by atoms with Gasteiger partial charge in [0.05, 0.1) is 12.2 Å². The molecule has 152 valence electrons. The van der Waals surface area contributed by atoms with Crippen molar-refractivity contribution < 1.29 is 9.53 Å². The minimum atomic E-state index is -0.437. The van der Waals surface area contributed by atoms with Crippen LogP contribution in [-0.2, 0) is 4.79 Å². The Morgan fingerprint density at radius 3 is 2.59 bits per heavy atom. The van der Waals surface area contributed by atoms with E-state index in [9.17, 15) is 9.59 Å². The molecule has 1 aromatic heterocycles. The number of hydrogen-bond acceptors (Lipinski definition) is 6. The van der Waals surface area contributed by atoms with Gasteiger partial charge in [0, 0.05) is 23.6 Å². The Bertz CT molecular complexity index is 1050. The smallest absolute Gasteiger partial charge is 0.257 e. The van der Waals surface area contributed by atoms with E-state index in [1.54, 1.807) is 0 Å². The molecule has 0 fully saturated rings. The average molecular weight is 412 g/mol. The molecule has 2 aliphatic rings. The van der Waals surface area contributed by atoms with Crippen molar-refractivity contribution in [1.82, 2.24) is 9.97 Å². The number of aromatic nitrogens is 2. The van der Waals surface area contributed by atoms with Gasteiger partial charge in [0.25, 0.3) is 5.56 Å². The van der Waals surface area contributed by atoms with E-state index in [0.29, 0.717) is 35.1 Å². The fraction of sp³-hybridized carbons (Fsp3) is 0.409. The van der Waals surface area contributed by atoms with E-state index in [1.165, 1.54) is 11.8 Å². The molecule has 29 heavy (non-hydrogen) atoms. The Kier molecular flexibility index (Phi) is 5.02. The summed E-state index contributed by atoms with van der Waals surface area (Å²) in [6.45, 7) is 6.71. The van der Waals surface area contributed by atoms with Gasteiger partial charge >= 0.3 is 0 Å². The maximum atomic E-state index is 13.2. The number of hydrogen-bond donors (Lipinski definition) is 2. The van der Waals surface area contributed by atoms with Crippen LogP contribution in [0.2, 0.25) is 0 Å². The van der Waals surface area contributed by atoms with Gasteiger partial charge in [-0.3, -0.25) is 9.59 Å². The molecule has 1 aliphatic carbocycles. The van der Waals surface area contributed by atoms with Crippen molar-refractivity contribution in [2.45, 2.75) is 44.7 Å². The molecule has 0 saturated carbocycles. The first kappa shape index (κ1) is 19.8. The summed E-state index contributed by atoms with van der Waals surface area (Å²) in [5.41, 5.74) is 2.61. The highest BCUT2D eigenvalue weighted by molar-refractivity contribution is 7.98. The normalized spacial score (nSPS) is 20.0. The van der Waals surface area contributed by atoms with Crippen LogP contribution in [0.1, 0.15) is 50.7 Å². The zero-order chi connectivity index (χ0) is 20.8. The quantitative estimate of drug-likeness (QED) is 0.582. The van der Waals surface area contributed by atoms with E-state index >= 15 is 0 Å². The number of rotatable bonds is 4. The fourth-order valence-electron chi connectivity index (χ4n) is 4.25. The molecule has 0 bridgehead atoms. The molecule has 2 N–H and O–H groups in total. The number of H-pyrrole nitrogens is 1. The number of anilines is 1. The second kappa shape index (κ2) is 7.37. The highest BCUT2D eigenvalue weighted by Crippen LogP contribution is 2.47. The Morgan fingerprint density at radius 2 is 1.93 bits per heavy atom. The average Bonchev–Trinajstić information content (AvgIpc) is 2.66. The number of ketones is 1. The minimum absolute atomic E-state index is 0.0848. The van der Waals surface area contributed by atoms with Crippen LogP contribution in [0, 0.1) is 5.41 Å². The van der Waals surface area contributed by atoms with Crippen LogP contribution < -0.4 is 15.6 Å². The Labute approximate surface area is 174 Å². The van der Waals surface area contributed by atoms with Crippen molar-refractivity contribution in [1.29, 1.82) is 0 Å². The number of carbonyl (C=O) groups is 1. The van der Waals surface area contributed by atoms with Gasteiger partial charge in [-0.05, 0) is 42.7 Å². The second-order valence-electron chi connectivity index (χ2n) is 8.23. The van der Waals surface area contributed by atoms with Crippen molar-refractivity contribution in [3.05, 3.63) is 57.0 Å². The van der Waals surface area contributed by atoms with Crippen molar-refractivity contribution in [3.63, 3.8) is 0 Å². The molecule has 4 rings (SSSR count). The van der Waals surface area contributed by atoms with Crippen LogP contribution in [-0.4, -0.2) is 28.6 Å². The van der Waals surface area contributed by atoms with Gasteiger partial charge in [0.2, 0.25) is 0 Å². The first-order valence-corrected chi connectivity index (χ1v) is 11.0. The number of Topliss-reactive ketones (excluding diaryl/α,β-unsaturated/α-hetero) is 1. The summed E-state index contributed by atoms with van der Waals surface area (Å²) < 4.78 is 5.55. The van der Waals surface area contributed by atoms with Gasteiger partial charge in [-0.15, -0.1) is 0 Å². The monoisotopic (exact) mass is 411 g/mol.